The second kappa shape index (κ2) is 5.12. The molecule has 0 aliphatic rings. The molecule has 3 heterocycles. The molecule has 0 aliphatic carbocycles. The summed E-state index contributed by atoms with van der Waals surface area (Å²) in [7, 11) is -3.36. The fraction of sp³-hybridized carbons (Fsp3) is 0.231. The lowest BCUT2D eigenvalue weighted by Gasteiger charge is -2.04. The fourth-order valence-corrected chi connectivity index (χ4v) is 3.44. The molecular weight excluding hydrogens is 310 g/mol. The van der Waals surface area contributed by atoms with Crippen molar-refractivity contribution in [3.05, 3.63) is 41.4 Å². The Balaban J connectivity index is 1.95. The summed E-state index contributed by atoms with van der Waals surface area (Å²) < 4.78 is 30.5. The third-order valence-electron chi connectivity index (χ3n) is 2.95. The van der Waals surface area contributed by atoms with Gasteiger partial charge in [0, 0.05) is 18.6 Å². The van der Waals surface area contributed by atoms with E-state index in [1.807, 2.05) is 24.4 Å². The maximum absolute atomic E-state index is 11.7. The van der Waals surface area contributed by atoms with Crippen LogP contribution in [-0.4, -0.2) is 29.2 Å². The molecule has 0 bridgehead atoms. The van der Waals surface area contributed by atoms with Crippen LogP contribution in [0, 0.1) is 6.92 Å². The molecule has 0 amide bonds. The smallest absolute Gasteiger partial charge is 0.236 e. The van der Waals surface area contributed by atoms with Crippen molar-refractivity contribution in [1.29, 1.82) is 0 Å². The first-order valence-electron chi connectivity index (χ1n) is 6.16. The summed E-state index contributed by atoms with van der Waals surface area (Å²) in [5, 5.41) is 1.98. The molecule has 8 heteroatoms. The van der Waals surface area contributed by atoms with Gasteiger partial charge in [-0.2, -0.15) is 0 Å². The highest BCUT2D eigenvalue weighted by atomic mass is 32.2. The number of hydrogen-bond donors (Lipinski definition) is 0. The second-order valence-electron chi connectivity index (χ2n) is 4.61. The van der Waals surface area contributed by atoms with Crippen molar-refractivity contribution in [3.63, 3.8) is 0 Å². The molecule has 0 aromatic carbocycles. The van der Waals surface area contributed by atoms with Gasteiger partial charge in [-0.25, -0.2) is 18.4 Å². The van der Waals surface area contributed by atoms with E-state index >= 15 is 0 Å². The number of hydrogen-bond acceptors (Lipinski definition) is 6. The Hall–Kier alpha value is -1.93. The Morgan fingerprint density at radius 3 is 2.90 bits per heavy atom. The molecular formula is C13H13N3O3S2. The highest BCUT2D eigenvalue weighted by Crippen LogP contribution is 2.26. The van der Waals surface area contributed by atoms with Crippen molar-refractivity contribution < 1.29 is 12.8 Å². The minimum atomic E-state index is -3.36. The van der Waals surface area contributed by atoms with E-state index in [-0.39, 0.29) is 5.16 Å². The van der Waals surface area contributed by atoms with Crippen molar-refractivity contribution in [2.75, 3.05) is 6.26 Å². The van der Waals surface area contributed by atoms with E-state index in [1.54, 1.807) is 22.1 Å². The van der Waals surface area contributed by atoms with E-state index in [1.165, 1.54) is 6.20 Å². The summed E-state index contributed by atoms with van der Waals surface area (Å²) in [5.41, 5.74) is 0.696. The van der Waals surface area contributed by atoms with Gasteiger partial charge in [0.05, 0.1) is 11.4 Å². The van der Waals surface area contributed by atoms with Crippen LogP contribution in [0.1, 0.15) is 11.5 Å². The number of aromatic nitrogens is 3. The molecule has 0 fully saturated rings. The van der Waals surface area contributed by atoms with Crippen LogP contribution in [0.3, 0.4) is 0 Å². The Kier molecular flexibility index (Phi) is 3.42. The number of imidazole rings is 1. The molecule has 0 unspecified atom stereocenters. The van der Waals surface area contributed by atoms with Crippen LogP contribution in [0.15, 0.2) is 39.5 Å². The number of thiophene rings is 1. The summed E-state index contributed by atoms with van der Waals surface area (Å²) >= 11 is 1.54. The average Bonchev–Trinajstić information content (AvgIpc) is 3.10. The number of nitrogens with zero attached hydrogens (tertiary/aromatic N) is 3. The molecule has 0 saturated heterocycles. The molecule has 110 valence electrons. The fourth-order valence-electron chi connectivity index (χ4n) is 1.99. The number of rotatable bonds is 4. The lowest BCUT2D eigenvalue weighted by Crippen LogP contribution is -2.10. The summed E-state index contributed by atoms with van der Waals surface area (Å²) in [6, 6.07) is 3.86. The van der Waals surface area contributed by atoms with E-state index in [9.17, 15) is 8.42 Å². The van der Waals surface area contributed by atoms with Crippen LogP contribution < -0.4 is 0 Å². The predicted molar refractivity (Wildman–Crippen MR) is 79.0 cm³/mol. The maximum atomic E-state index is 11.7. The topological polar surface area (TPSA) is 78.0 Å². The minimum absolute atomic E-state index is 0.0302. The van der Waals surface area contributed by atoms with Gasteiger partial charge in [0.15, 0.2) is 0 Å². The van der Waals surface area contributed by atoms with Crippen molar-refractivity contribution in [1.82, 2.24) is 14.5 Å². The van der Waals surface area contributed by atoms with E-state index in [4.69, 9.17) is 4.42 Å². The van der Waals surface area contributed by atoms with Gasteiger partial charge in [-0.05, 0) is 18.4 Å². The molecule has 3 rings (SSSR count). The molecule has 0 N–H and O–H groups in total. The normalized spacial score (nSPS) is 11.9. The van der Waals surface area contributed by atoms with Crippen molar-refractivity contribution >= 4 is 21.2 Å². The zero-order valence-electron chi connectivity index (χ0n) is 11.5. The van der Waals surface area contributed by atoms with Crippen molar-refractivity contribution in [2.24, 2.45) is 0 Å². The van der Waals surface area contributed by atoms with Crippen LogP contribution in [0.2, 0.25) is 0 Å². The van der Waals surface area contributed by atoms with Crippen LogP contribution in [0.25, 0.3) is 10.8 Å². The number of aryl methyl sites for hydroxylation is 1. The monoisotopic (exact) mass is 323 g/mol. The zero-order chi connectivity index (χ0) is 15.0. The van der Waals surface area contributed by atoms with E-state index in [0.29, 0.717) is 23.9 Å². The molecule has 21 heavy (non-hydrogen) atoms. The molecule has 0 radical (unpaired) electrons. The summed E-state index contributed by atoms with van der Waals surface area (Å²) in [6.45, 7) is 2.12. The van der Waals surface area contributed by atoms with Gasteiger partial charge in [-0.1, -0.05) is 6.07 Å². The molecule has 3 aromatic rings. The van der Waals surface area contributed by atoms with Gasteiger partial charge in [-0.15, -0.1) is 11.3 Å². The standard InChI is InChI=1S/C13H13N3O3S2/c1-9-10(15-12(19-9)11-4-3-7-20-11)8-16-6-5-14-13(16)21(2,17)18/h3-7H,8H2,1-2H3. The van der Waals surface area contributed by atoms with Crippen molar-refractivity contribution in [3.8, 4) is 10.8 Å². The van der Waals surface area contributed by atoms with Crippen LogP contribution in [0.4, 0.5) is 0 Å². The third kappa shape index (κ3) is 2.77. The lowest BCUT2D eigenvalue weighted by atomic mass is 10.3. The Morgan fingerprint density at radius 2 is 2.24 bits per heavy atom. The molecule has 0 atom stereocenters. The summed E-state index contributed by atoms with van der Waals surface area (Å²) in [6.07, 6.45) is 4.22. The highest BCUT2D eigenvalue weighted by molar-refractivity contribution is 7.90. The zero-order valence-corrected chi connectivity index (χ0v) is 13.1. The lowest BCUT2D eigenvalue weighted by molar-refractivity contribution is 0.536. The number of oxazole rings is 1. The minimum Gasteiger partial charge on any atom is -0.440 e. The highest BCUT2D eigenvalue weighted by Gasteiger charge is 2.18. The first-order chi connectivity index (χ1) is 9.95. The Labute approximate surface area is 126 Å². The van der Waals surface area contributed by atoms with E-state index in [0.717, 1.165) is 11.1 Å². The quantitative estimate of drug-likeness (QED) is 0.736. The van der Waals surface area contributed by atoms with Gasteiger partial charge in [-0.3, -0.25) is 0 Å². The second-order valence-corrected chi connectivity index (χ2v) is 7.47. The summed E-state index contributed by atoms with van der Waals surface area (Å²) in [4.78, 5) is 9.28. The molecule has 6 nitrogen and oxygen atoms in total. The first kappa shape index (κ1) is 14.0. The average molecular weight is 323 g/mol. The van der Waals surface area contributed by atoms with Crippen LogP contribution in [-0.2, 0) is 16.4 Å². The molecule has 0 aliphatic heterocycles. The van der Waals surface area contributed by atoms with Crippen LogP contribution in [0.5, 0.6) is 0 Å². The van der Waals surface area contributed by atoms with E-state index in [2.05, 4.69) is 9.97 Å². The van der Waals surface area contributed by atoms with Gasteiger partial charge >= 0.3 is 0 Å². The maximum Gasteiger partial charge on any atom is 0.236 e. The van der Waals surface area contributed by atoms with E-state index < -0.39 is 9.84 Å². The number of sulfone groups is 1. The summed E-state index contributed by atoms with van der Waals surface area (Å²) in [5.74, 6) is 1.23. The Morgan fingerprint density at radius 1 is 1.43 bits per heavy atom. The third-order valence-corrected chi connectivity index (χ3v) is 4.81. The van der Waals surface area contributed by atoms with Gasteiger partial charge in [0.2, 0.25) is 20.9 Å². The van der Waals surface area contributed by atoms with Gasteiger partial charge in [0.1, 0.15) is 11.5 Å². The van der Waals surface area contributed by atoms with Gasteiger partial charge in [0.25, 0.3) is 0 Å². The Bertz CT molecular complexity index is 861. The SMILES string of the molecule is Cc1oc(-c2cccs2)nc1Cn1ccnc1S(C)(=O)=O. The molecule has 0 saturated carbocycles. The molecule has 3 aromatic heterocycles. The predicted octanol–water partition coefficient (Wildman–Crippen LogP) is 2.36. The van der Waals surface area contributed by atoms with Gasteiger partial charge < -0.3 is 8.98 Å². The van der Waals surface area contributed by atoms with Crippen LogP contribution >= 0.6 is 11.3 Å². The first-order valence-corrected chi connectivity index (χ1v) is 8.93. The molecule has 0 spiro atoms. The largest absolute Gasteiger partial charge is 0.440 e. The van der Waals surface area contributed by atoms with Crippen molar-refractivity contribution in [2.45, 2.75) is 18.6 Å².